The molecule has 1 aromatic rings. The lowest BCUT2D eigenvalue weighted by atomic mass is 10.3. The van der Waals surface area contributed by atoms with Crippen LogP contribution in [0.5, 0.6) is 0 Å². The van der Waals surface area contributed by atoms with Gasteiger partial charge in [-0.3, -0.25) is 9.48 Å². The van der Waals surface area contributed by atoms with Crippen LogP contribution in [-0.4, -0.2) is 22.2 Å². The summed E-state index contributed by atoms with van der Waals surface area (Å²) in [5, 5.41) is 5.95. The van der Waals surface area contributed by atoms with Gasteiger partial charge in [-0.1, -0.05) is 6.08 Å². The molecule has 0 aliphatic rings. The first-order chi connectivity index (χ1) is 8.43. The minimum absolute atomic E-state index is 0.155. The number of amides is 1. The minimum Gasteiger partial charge on any atom is -0.354 e. The van der Waals surface area contributed by atoms with Gasteiger partial charge in [-0.05, 0) is 12.5 Å². The lowest BCUT2D eigenvalue weighted by molar-refractivity contribution is -0.141. The number of halogens is 3. The topological polar surface area (TPSA) is 46.9 Å². The Morgan fingerprint density at radius 3 is 2.83 bits per heavy atom. The zero-order valence-electron chi connectivity index (χ0n) is 9.70. The molecule has 0 atom stereocenters. The number of carbonyl (C=O) groups excluding carboxylic acids is 1. The van der Waals surface area contributed by atoms with Crippen LogP contribution in [0.3, 0.4) is 0 Å². The molecule has 1 aromatic heterocycles. The van der Waals surface area contributed by atoms with Gasteiger partial charge in [0, 0.05) is 19.2 Å². The summed E-state index contributed by atoms with van der Waals surface area (Å²) in [4.78, 5) is 11.2. The van der Waals surface area contributed by atoms with Crippen LogP contribution in [-0.2, 0) is 17.5 Å². The third-order valence-corrected chi connectivity index (χ3v) is 2.17. The van der Waals surface area contributed by atoms with Crippen molar-refractivity contribution in [3.8, 4) is 0 Å². The van der Waals surface area contributed by atoms with Crippen LogP contribution in [0, 0.1) is 0 Å². The lowest BCUT2D eigenvalue weighted by Gasteiger charge is -2.05. The van der Waals surface area contributed by atoms with E-state index in [9.17, 15) is 18.0 Å². The summed E-state index contributed by atoms with van der Waals surface area (Å²) in [6, 6.07) is 0.902. The molecule has 4 nitrogen and oxygen atoms in total. The molecule has 1 N–H and O–H groups in total. The summed E-state index contributed by atoms with van der Waals surface area (Å²) in [6.07, 6.45) is -0.665. The number of allylic oxidation sites excluding steroid dienone is 1. The molecule has 100 valence electrons. The Kier molecular flexibility index (Phi) is 4.94. The summed E-state index contributed by atoms with van der Waals surface area (Å²) < 4.78 is 37.9. The van der Waals surface area contributed by atoms with E-state index in [0.29, 0.717) is 12.8 Å². The van der Waals surface area contributed by atoms with Gasteiger partial charge in [0.1, 0.15) is 0 Å². The highest BCUT2D eigenvalue weighted by atomic mass is 19.4. The van der Waals surface area contributed by atoms with Crippen molar-refractivity contribution in [3.63, 3.8) is 0 Å². The van der Waals surface area contributed by atoms with Crippen molar-refractivity contribution in [2.75, 3.05) is 6.54 Å². The molecule has 0 unspecified atom stereocenters. The Morgan fingerprint density at radius 1 is 1.56 bits per heavy atom. The van der Waals surface area contributed by atoms with E-state index >= 15 is 0 Å². The molecule has 0 spiro atoms. The SMILES string of the molecule is C=CCCC(=O)NCCn1ccc(C(F)(F)F)n1. The molecule has 18 heavy (non-hydrogen) atoms. The molecule has 0 aliphatic carbocycles. The molecule has 0 aromatic carbocycles. The normalized spacial score (nSPS) is 11.3. The fourth-order valence-corrected chi connectivity index (χ4v) is 1.27. The minimum atomic E-state index is -4.43. The predicted molar refractivity (Wildman–Crippen MR) is 59.7 cm³/mol. The van der Waals surface area contributed by atoms with Crippen LogP contribution >= 0.6 is 0 Å². The number of carbonyl (C=O) groups is 1. The molecule has 0 radical (unpaired) electrons. The Bertz CT molecular complexity index is 412. The van der Waals surface area contributed by atoms with Crippen LogP contribution < -0.4 is 5.32 Å². The Labute approximate surface area is 102 Å². The number of hydrogen-bond acceptors (Lipinski definition) is 2. The molecule has 1 rings (SSSR count). The smallest absolute Gasteiger partial charge is 0.354 e. The predicted octanol–water partition coefficient (Wildman–Crippen LogP) is 1.98. The first-order valence-corrected chi connectivity index (χ1v) is 5.41. The summed E-state index contributed by atoms with van der Waals surface area (Å²) in [7, 11) is 0. The summed E-state index contributed by atoms with van der Waals surface area (Å²) in [6.45, 7) is 3.93. The number of hydrogen-bond donors (Lipinski definition) is 1. The van der Waals surface area contributed by atoms with Crippen molar-refractivity contribution in [2.24, 2.45) is 0 Å². The van der Waals surface area contributed by atoms with Gasteiger partial charge < -0.3 is 5.32 Å². The highest BCUT2D eigenvalue weighted by molar-refractivity contribution is 5.75. The second kappa shape index (κ2) is 6.23. The number of alkyl halides is 3. The van der Waals surface area contributed by atoms with Gasteiger partial charge in [-0.25, -0.2) is 0 Å². The maximum absolute atomic E-state index is 12.2. The zero-order chi connectivity index (χ0) is 13.6. The van der Waals surface area contributed by atoms with E-state index in [2.05, 4.69) is 17.0 Å². The van der Waals surface area contributed by atoms with Crippen molar-refractivity contribution >= 4 is 5.91 Å². The van der Waals surface area contributed by atoms with Gasteiger partial charge in [0.25, 0.3) is 0 Å². The number of rotatable bonds is 6. The Morgan fingerprint density at radius 2 is 2.28 bits per heavy atom. The van der Waals surface area contributed by atoms with Crippen LogP contribution in [0.15, 0.2) is 24.9 Å². The molecule has 1 amide bonds. The van der Waals surface area contributed by atoms with Crippen molar-refractivity contribution in [2.45, 2.75) is 25.6 Å². The number of aromatic nitrogens is 2. The number of nitrogens with one attached hydrogen (secondary N) is 1. The average Bonchev–Trinajstić information content (AvgIpc) is 2.74. The Hall–Kier alpha value is -1.79. The maximum atomic E-state index is 12.2. The zero-order valence-corrected chi connectivity index (χ0v) is 9.70. The van der Waals surface area contributed by atoms with Gasteiger partial charge in [0.15, 0.2) is 5.69 Å². The summed E-state index contributed by atoms with van der Waals surface area (Å²) in [5.41, 5.74) is -0.930. The van der Waals surface area contributed by atoms with Gasteiger partial charge in [-0.15, -0.1) is 6.58 Å². The highest BCUT2D eigenvalue weighted by Gasteiger charge is 2.33. The van der Waals surface area contributed by atoms with Gasteiger partial charge >= 0.3 is 6.18 Å². The fourth-order valence-electron chi connectivity index (χ4n) is 1.27. The molecule has 0 bridgehead atoms. The van der Waals surface area contributed by atoms with Gasteiger partial charge in [0.2, 0.25) is 5.91 Å². The second-order valence-electron chi connectivity index (χ2n) is 3.64. The van der Waals surface area contributed by atoms with Crippen LogP contribution in [0.1, 0.15) is 18.5 Å². The van der Waals surface area contributed by atoms with Gasteiger partial charge in [-0.2, -0.15) is 18.3 Å². The third kappa shape index (κ3) is 4.60. The molecule has 1 heterocycles. The third-order valence-electron chi connectivity index (χ3n) is 2.17. The Balaban J connectivity index is 2.34. The standard InChI is InChI=1S/C11H14F3N3O/c1-2-3-4-10(18)15-6-8-17-7-5-9(16-17)11(12,13)14/h2,5,7H,1,3-4,6,8H2,(H,15,18). The first kappa shape index (κ1) is 14.3. The van der Waals surface area contributed by atoms with E-state index in [-0.39, 0.29) is 19.0 Å². The molecule has 0 saturated heterocycles. The van der Waals surface area contributed by atoms with Crippen LogP contribution in [0.2, 0.25) is 0 Å². The average molecular weight is 261 g/mol. The largest absolute Gasteiger partial charge is 0.435 e. The van der Waals surface area contributed by atoms with E-state index in [0.717, 1.165) is 10.7 Å². The van der Waals surface area contributed by atoms with Crippen molar-refractivity contribution in [3.05, 3.63) is 30.6 Å². The lowest BCUT2D eigenvalue weighted by Crippen LogP contribution is -2.27. The van der Waals surface area contributed by atoms with E-state index in [4.69, 9.17) is 0 Å². The van der Waals surface area contributed by atoms with Crippen molar-refractivity contribution in [1.82, 2.24) is 15.1 Å². The monoisotopic (exact) mass is 261 g/mol. The van der Waals surface area contributed by atoms with E-state index < -0.39 is 11.9 Å². The quantitative estimate of drug-likeness (QED) is 0.796. The van der Waals surface area contributed by atoms with Crippen molar-refractivity contribution in [1.29, 1.82) is 0 Å². The van der Waals surface area contributed by atoms with Gasteiger partial charge in [0.05, 0.1) is 6.54 Å². The van der Waals surface area contributed by atoms with Crippen molar-refractivity contribution < 1.29 is 18.0 Å². The summed E-state index contributed by atoms with van der Waals surface area (Å²) >= 11 is 0. The summed E-state index contributed by atoms with van der Waals surface area (Å²) in [5.74, 6) is -0.155. The van der Waals surface area contributed by atoms with E-state index in [1.54, 1.807) is 6.08 Å². The second-order valence-corrected chi connectivity index (χ2v) is 3.64. The molecule has 0 aliphatic heterocycles. The molecule has 0 fully saturated rings. The number of nitrogens with zero attached hydrogens (tertiary/aromatic N) is 2. The molecular weight excluding hydrogens is 247 g/mol. The molecular formula is C11H14F3N3O. The highest BCUT2D eigenvalue weighted by Crippen LogP contribution is 2.27. The molecule has 0 saturated carbocycles. The molecule has 7 heteroatoms. The first-order valence-electron chi connectivity index (χ1n) is 5.41. The van der Waals surface area contributed by atoms with E-state index in [1.165, 1.54) is 6.20 Å². The maximum Gasteiger partial charge on any atom is 0.435 e. The fraction of sp³-hybridized carbons (Fsp3) is 0.455. The van der Waals surface area contributed by atoms with E-state index in [1.807, 2.05) is 0 Å². The van der Waals surface area contributed by atoms with Crippen LogP contribution in [0.25, 0.3) is 0 Å². The van der Waals surface area contributed by atoms with Crippen LogP contribution in [0.4, 0.5) is 13.2 Å².